The second kappa shape index (κ2) is 6.72. The molecule has 1 N–H and O–H groups in total. The number of nitrogens with zero attached hydrogens (tertiary/aromatic N) is 3. The normalized spacial score (nSPS) is 22.2. The molecule has 5 heteroatoms. The summed E-state index contributed by atoms with van der Waals surface area (Å²) in [6.07, 6.45) is 5.51. The number of para-hydroxylation sites is 1. The van der Waals surface area contributed by atoms with Crippen LogP contribution in [0.4, 0.5) is 0 Å². The lowest BCUT2D eigenvalue weighted by atomic mass is 9.93. The minimum Gasteiger partial charge on any atom is -0.490 e. The number of piperidine rings is 1. The Labute approximate surface area is 137 Å². The summed E-state index contributed by atoms with van der Waals surface area (Å²) in [6.45, 7) is 4.71. The summed E-state index contributed by atoms with van der Waals surface area (Å²) < 4.78 is 7.91. The second-order valence-electron chi connectivity index (χ2n) is 6.55. The van der Waals surface area contributed by atoms with E-state index in [1.54, 1.807) is 0 Å². The molecule has 1 saturated heterocycles. The first-order valence-corrected chi connectivity index (χ1v) is 8.15. The molecule has 1 unspecified atom stereocenters. The highest BCUT2D eigenvalue weighted by Crippen LogP contribution is 2.25. The van der Waals surface area contributed by atoms with Gasteiger partial charge in [-0.1, -0.05) is 18.2 Å². The zero-order chi connectivity index (χ0) is 16.3. The van der Waals surface area contributed by atoms with Crippen molar-refractivity contribution in [2.24, 2.45) is 7.05 Å². The van der Waals surface area contributed by atoms with Crippen LogP contribution in [0, 0.1) is 6.92 Å². The molecule has 2 aromatic rings. The fourth-order valence-electron chi connectivity index (χ4n) is 3.14. The molecule has 0 saturated carbocycles. The van der Waals surface area contributed by atoms with E-state index < -0.39 is 5.60 Å². The molecule has 5 nitrogen and oxygen atoms in total. The Morgan fingerprint density at radius 3 is 2.91 bits per heavy atom. The maximum atomic E-state index is 10.9. The van der Waals surface area contributed by atoms with E-state index in [0.29, 0.717) is 13.2 Å². The third-order valence-electron chi connectivity index (χ3n) is 4.51. The number of aliphatic hydroxyl groups is 1. The molecular formula is C18H25N3O2. The highest BCUT2D eigenvalue weighted by atomic mass is 16.5. The van der Waals surface area contributed by atoms with Crippen molar-refractivity contribution in [3.8, 4) is 5.75 Å². The summed E-state index contributed by atoms with van der Waals surface area (Å²) in [6, 6.07) is 7.92. The van der Waals surface area contributed by atoms with Gasteiger partial charge in [-0.15, -0.1) is 0 Å². The van der Waals surface area contributed by atoms with Gasteiger partial charge in [-0.05, 0) is 37.9 Å². The van der Waals surface area contributed by atoms with Crippen molar-refractivity contribution in [3.63, 3.8) is 0 Å². The summed E-state index contributed by atoms with van der Waals surface area (Å²) in [5.41, 5.74) is 0.294. The average molecular weight is 315 g/mol. The van der Waals surface area contributed by atoms with E-state index in [0.717, 1.165) is 43.1 Å². The molecule has 1 aliphatic rings. The molecule has 0 amide bonds. The van der Waals surface area contributed by atoms with Crippen LogP contribution in [0.15, 0.2) is 36.7 Å². The van der Waals surface area contributed by atoms with Gasteiger partial charge in [0.05, 0.1) is 6.54 Å². The van der Waals surface area contributed by atoms with Crippen molar-refractivity contribution >= 4 is 0 Å². The highest BCUT2D eigenvalue weighted by Gasteiger charge is 2.34. The Morgan fingerprint density at radius 2 is 2.17 bits per heavy atom. The molecule has 0 bridgehead atoms. The molecular weight excluding hydrogens is 290 g/mol. The zero-order valence-corrected chi connectivity index (χ0v) is 13.9. The monoisotopic (exact) mass is 315 g/mol. The molecule has 0 radical (unpaired) electrons. The Bertz CT molecular complexity index is 655. The largest absolute Gasteiger partial charge is 0.490 e. The first-order chi connectivity index (χ1) is 11.1. The lowest BCUT2D eigenvalue weighted by Gasteiger charge is -2.38. The van der Waals surface area contributed by atoms with Crippen LogP contribution in [0.2, 0.25) is 0 Å². The van der Waals surface area contributed by atoms with Crippen LogP contribution >= 0.6 is 0 Å². The Balaban J connectivity index is 1.60. The lowest BCUT2D eigenvalue weighted by molar-refractivity contribution is -0.0628. The van der Waals surface area contributed by atoms with Gasteiger partial charge in [0.25, 0.3) is 0 Å². The molecule has 1 aromatic carbocycles. The topological polar surface area (TPSA) is 50.5 Å². The third-order valence-corrected chi connectivity index (χ3v) is 4.51. The number of aryl methyl sites for hydroxylation is 2. The SMILES string of the molecule is Cc1ccccc1OCC1(O)CCCN(Cc2nccn2C)C1. The van der Waals surface area contributed by atoms with Gasteiger partial charge in [-0.25, -0.2) is 4.98 Å². The first-order valence-electron chi connectivity index (χ1n) is 8.15. The van der Waals surface area contributed by atoms with E-state index in [9.17, 15) is 5.11 Å². The molecule has 2 heterocycles. The highest BCUT2D eigenvalue weighted by molar-refractivity contribution is 5.31. The molecule has 3 rings (SSSR count). The van der Waals surface area contributed by atoms with E-state index in [1.807, 2.05) is 55.2 Å². The van der Waals surface area contributed by atoms with Crippen LogP contribution in [0.3, 0.4) is 0 Å². The number of imidazole rings is 1. The maximum Gasteiger partial charge on any atom is 0.122 e. The summed E-state index contributed by atoms with van der Waals surface area (Å²) in [4.78, 5) is 6.63. The summed E-state index contributed by atoms with van der Waals surface area (Å²) in [5.74, 6) is 1.87. The van der Waals surface area contributed by atoms with Crippen LogP contribution < -0.4 is 4.74 Å². The van der Waals surface area contributed by atoms with Gasteiger partial charge in [0.1, 0.15) is 23.8 Å². The number of hydrogen-bond donors (Lipinski definition) is 1. The van der Waals surface area contributed by atoms with Gasteiger partial charge >= 0.3 is 0 Å². The predicted molar refractivity (Wildman–Crippen MR) is 89.3 cm³/mol. The number of benzene rings is 1. The summed E-state index contributed by atoms with van der Waals surface area (Å²) in [5, 5.41) is 10.9. The molecule has 1 fully saturated rings. The minimum atomic E-state index is -0.800. The number of β-amino-alcohol motifs (C(OH)–C–C–N with tert-alkyl or cyclic N) is 1. The van der Waals surface area contributed by atoms with Gasteiger partial charge in [0, 0.05) is 26.0 Å². The molecule has 124 valence electrons. The van der Waals surface area contributed by atoms with Crippen molar-refractivity contribution in [3.05, 3.63) is 48.0 Å². The Hall–Kier alpha value is -1.85. The second-order valence-corrected chi connectivity index (χ2v) is 6.55. The number of likely N-dealkylation sites (tertiary alicyclic amines) is 1. The fraction of sp³-hybridized carbons (Fsp3) is 0.500. The van der Waals surface area contributed by atoms with Gasteiger partial charge in [0.2, 0.25) is 0 Å². The fourth-order valence-corrected chi connectivity index (χ4v) is 3.14. The van der Waals surface area contributed by atoms with E-state index in [4.69, 9.17) is 4.74 Å². The lowest BCUT2D eigenvalue weighted by Crippen LogP contribution is -2.51. The van der Waals surface area contributed by atoms with Crippen LogP contribution in [0.25, 0.3) is 0 Å². The maximum absolute atomic E-state index is 10.9. The summed E-state index contributed by atoms with van der Waals surface area (Å²) >= 11 is 0. The van der Waals surface area contributed by atoms with Crippen LogP contribution in [0.5, 0.6) is 5.75 Å². The number of rotatable bonds is 5. The first kappa shape index (κ1) is 16.0. The Kier molecular flexibility index (Phi) is 4.68. The van der Waals surface area contributed by atoms with Gasteiger partial charge in [-0.3, -0.25) is 4.90 Å². The molecule has 1 aliphatic heterocycles. The van der Waals surface area contributed by atoms with Crippen molar-refractivity contribution in [1.82, 2.24) is 14.5 Å². The van der Waals surface area contributed by atoms with Crippen molar-refractivity contribution in [2.75, 3.05) is 19.7 Å². The van der Waals surface area contributed by atoms with Crippen molar-refractivity contribution < 1.29 is 9.84 Å². The zero-order valence-electron chi connectivity index (χ0n) is 13.9. The van der Waals surface area contributed by atoms with Gasteiger partial charge in [0.15, 0.2) is 0 Å². The van der Waals surface area contributed by atoms with Gasteiger partial charge < -0.3 is 14.4 Å². The van der Waals surface area contributed by atoms with E-state index in [2.05, 4.69) is 9.88 Å². The molecule has 23 heavy (non-hydrogen) atoms. The van der Waals surface area contributed by atoms with E-state index in [-0.39, 0.29) is 0 Å². The van der Waals surface area contributed by atoms with Gasteiger partial charge in [-0.2, -0.15) is 0 Å². The van der Waals surface area contributed by atoms with Crippen molar-refractivity contribution in [2.45, 2.75) is 31.9 Å². The van der Waals surface area contributed by atoms with Crippen molar-refractivity contribution in [1.29, 1.82) is 0 Å². The van der Waals surface area contributed by atoms with E-state index in [1.165, 1.54) is 0 Å². The predicted octanol–water partition coefficient (Wildman–Crippen LogP) is 2.13. The molecule has 1 aromatic heterocycles. The molecule has 0 spiro atoms. The smallest absolute Gasteiger partial charge is 0.122 e. The van der Waals surface area contributed by atoms with Crippen LogP contribution in [-0.4, -0.2) is 44.9 Å². The standard InChI is InChI=1S/C18H25N3O2/c1-15-6-3-4-7-16(15)23-14-18(22)8-5-10-21(13-18)12-17-19-9-11-20(17)2/h3-4,6-7,9,11,22H,5,8,10,12-14H2,1-2H3. The molecule has 0 aliphatic carbocycles. The minimum absolute atomic E-state index is 0.328. The average Bonchev–Trinajstić information content (AvgIpc) is 2.92. The quantitative estimate of drug-likeness (QED) is 0.918. The van der Waals surface area contributed by atoms with Crippen LogP contribution in [-0.2, 0) is 13.6 Å². The van der Waals surface area contributed by atoms with Crippen LogP contribution in [0.1, 0.15) is 24.2 Å². The number of hydrogen-bond acceptors (Lipinski definition) is 4. The number of aromatic nitrogens is 2. The Morgan fingerprint density at radius 1 is 1.35 bits per heavy atom. The number of ether oxygens (including phenoxy) is 1. The molecule has 1 atom stereocenters. The van der Waals surface area contributed by atoms with E-state index >= 15 is 0 Å². The third kappa shape index (κ3) is 3.92. The summed E-state index contributed by atoms with van der Waals surface area (Å²) in [7, 11) is 2.00.